The number of rotatable bonds is 11. The van der Waals surface area contributed by atoms with Crippen LogP contribution in [0.3, 0.4) is 0 Å². The van der Waals surface area contributed by atoms with Crippen molar-refractivity contribution >= 4 is 31.8 Å². The monoisotopic (exact) mass is 766 g/mol. The first-order chi connectivity index (χ1) is 24.7. The molecule has 2 aromatic heterocycles. The Morgan fingerprint density at radius 3 is 2.38 bits per heavy atom. The van der Waals surface area contributed by atoms with Crippen LogP contribution >= 0.6 is 11.6 Å². The van der Waals surface area contributed by atoms with Crippen molar-refractivity contribution in [3.63, 3.8) is 0 Å². The minimum Gasteiger partial charge on any atom is -0.491 e. The van der Waals surface area contributed by atoms with E-state index in [1.807, 2.05) is 52.8 Å². The van der Waals surface area contributed by atoms with Crippen molar-refractivity contribution in [3.05, 3.63) is 51.4 Å². The Bertz CT molecular complexity index is 1830. The Morgan fingerprint density at radius 1 is 1.06 bits per heavy atom. The highest BCUT2D eigenvalue weighted by atomic mass is 35.5. The molecule has 0 bridgehead atoms. The number of hydrogen-bond acceptors (Lipinski definition) is 10. The molecule has 0 unspecified atom stereocenters. The second-order valence-corrected chi connectivity index (χ2v) is 22.2. The maximum atomic E-state index is 12.9. The van der Waals surface area contributed by atoms with Crippen molar-refractivity contribution in [2.75, 3.05) is 57.8 Å². The number of nitrogens with zero attached hydrogens (tertiary/aromatic N) is 6. The number of amides is 1. The zero-order chi connectivity index (χ0) is 39.0. The third-order valence-electron chi connectivity index (χ3n) is 10.6. The minimum absolute atomic E-state index is 0.0396. The smallest absolute Gasteiger partial charge is 0.410 e. The Morgan fingerprint density at radius 2 is 1.75 bits per heavy atom. The first kappa shape index (κ1) is 40.7. The third-order valence-corrected chi connectivity index (χ3v) is 15.5. The molecule has 53 heavy (non-hydrogen) atoms. The largest absolute Gasteiger partial charge is 0.491 e. The summed E-state index contributed by atoms with van der Waals surface area (Å²) < 4.78 is 24.5. The van der Waals surface area contributed by atoms with Crippen LogP contribution in [0.4, 0.5) is 10.6 Å². The van der Waals surface area contributed by atoms with E-state index in [0.29, 0.717) is 34.5 Å². The number of anilines is 1. The summed E-state index contributed by atoms with van der Waals surface area (Å²) >= 11 is 6.94. The highest BCUT2D eigenvalue weighted by molar-refractivity contribution is 6.74. The summed E-state index contributed by atoms with van der Waals surface area (Å²) in [5.41, 5.74) is 6.41. The molecule has 2 aliphatic rings. The highest BCUT2D eigenvalue weighted by Crippen LogP contribution is 2.40. The summed E-state index contributed by atoms with van der Waals surface area (Å²) in [6.07, 6.45) is 0.262. The molecule has 13 heteroatoms. The molecular formula is C40H59ClN6O5Si. The number of hydrogen-bond donors (Lipinski definition) is 0. The molecule has 0 spiro atoms. The van der Waals surface area contributed by atoms with E-state index in [1.165, 1.54) is 11.1 Å². The quantitative estimate of drug-likeness (QED) is 0.139. The average Bonchev–Trinajstić information content (AvgIpc) is 3.64. The number of halogens is 1. The third kappa shape index (κ3) is 9.44. The predicted octanol–water partition coefficient (Wildman–Crippen LogP) is 8.86. The summed E-state index contributed by atoms with van der Waals surface area (Å²) in [5, 5.41) is 4.72. The molecular weight excluding hydrogens is 708 g/mol. The van der Waals surface area contributed by atoms with Gasteiger partial charge in [0, 0.05) is 44.4 Å². The molecule has 0 fully saturated rings. The first-order valence-electron chi connectivity index (χ1n) is 18.7. The van der Waals surface area contributed by atoms with Crippen molar-refractivity contribution < 1.29 is 23.2 Å². The van der Waals surface area contributed by atoms with Crippen molar-refractivity contribution in [2.45, 2.75) is 105 Å². The van der Waals surface area contributed by atoms with Gasteiger partial charge in [-0.3, -0.25) is 4.90 Å². The highest BCUT2D eigenvalue weighted by Gasteiger charge is 2.40. The zero-order valence-corrected chi connectivity index (χ0v) is 35.8. The lowest BCUT2D eigenvalue weighted by Gasteiger charge is -2.40. The van der Waals surface area contributed by atoms with Crippen LogP contribution in [-0.4, -0.2) is 104 Å². The standard InChI is InChI=1S/C40H59ClN6O5Si/c1-14-46-18-17-28-21-47(22-29(28)20-46)37-25(2)35(34-26(3)44-51-27(34)4)42-36(43-37)32-19-30(15-16-33(32)41)49-24-31(52-53(12,13)40(8,9)10)23-45(11)38(48)50-39(5,6)7/h15-16,19,31H,14,17-18,20-24H2,1-13H3/t31-/m1/s1. The number of likely N-dealkylation sites (N-methyl/N-ethyl adjacent to an activating group) is 2. The van der Waals surface area contributed by atoms with Gasteiger partial charge >= 0.3 is 6.09 Å². The van der Waals surface area contributed by atoms with E-state index < -0.39 is 26.1 Å². The van der Waals surface area contributed by atoms with Crippen molar-refractivity contribution in [1.82, 2.24) is 24.9 Å². The van der Waals surface area contributed by atoms with Gasteiger partial charge in [-0.2, -0.15) is 0 Å². The lowest BCUT2D eigenvalue weighted by molar-refractivity contribution is 0.0172. The molecule has 0 saturated carbocycles. The summed E-state index contributed by atoms with van der Waals surface area (Å²) in [5.74, 6) is 2.66. The number of carbonyl (C=O) groups is 1. The first-order valence-corrected chi connectivity index (χ1v) is 22.0. The van der Waals surface area contributed by atoms with Crippen LogP contribution in [-0.2, 0) is 9.16 Å². The van der Waals surface area contributed by atoms with Crippen LogP contribution in [0.1, 0.15) is 71.9 Å². The van der Waals surface area contributed by atoms with E-state index in [1.54, 1.807) is 11.9 Å². The van der Waals surface area contributed by atoms with Gasteiger partial charge < -0.3 is 28.2 Å². The van der Waals surface area contributed by atoms with E-state index in [0.717, 1.165) is 67.5 Å². The maximum absolute atomic E-state index is 12.9. The predicted molar refractivity (Wildman–Crippen MR) is 215 cm³/mol. The van der Waals surface area contributed by atoms with Crippen LogP contribution in [0, 0.1) is 20.8 Å². The van der Waals surface area contributed by atoms with Crippen LogP contribution in [0.15, 0.2) is 33.9 Å². The molecule has 1 amide bonds. The lowest BCUT2D eigenvalue weighted by atomic mass is 10.0. The molecule has 0 N–H and O–H groups in total. The summed E-state index contributed by atoms with van der Waals surface area (Å²) in [6, 6.07) is 5.55. The fourth-order valence-electron chi connectivity index (χ4n) is 6.61. The molecule has 2 aliphatic heterocycles. The topological polar surface area (TPSA) is 106 Å². The molecule has 1 aromatic carbocycles. The van der Waals surface area contributed by atoms with Gasteiger partial charge in [-0.1, -0.05) is 44.5 Å². The second-order valence-electron chi connectivity index (χ2n) is 17.0. The van der Waals surface area contributed by atoms with Gasteiger partial charge in [0.2, 0.25) is 0 Å². The zero-order valence-electron chi connectivity index (χ0n) is 34.1. The van der Waals surface area contributed by atoms with E-state index in [-0.39, 0.29) is 11.6 Å². The van der Waals surface area contributed by atoms with E-state index in [4.69, 9.17) is 40.0 Å². The number of carbonyl (C=O) groups excluding carboxylic acids is 1. The van der Waals surface area contributed by atoms with Gasteiger partial charge in [-0.25, -0.2) is 14.8 Å². The molecule has 11 nitrogen and oxygen atoms in total. The Labute approximate surface area is 322 Å². The molecule has 0 aliphatic carbocycles. The van der Waals surface area contributed by atoms with Gasteiger partial charge in [0.25, 0.3) is 0 Å². The molecule has 4 heterocycles. The van der Waals surface area contributed by atoms with E-state index in [2.05, 4.69) is 62.7 Å². The number of ether oxygens (including phenoxy) is 2. The van der Waals surface area contributed by atoms with Crippen molar-refractivity contribution in [1.29, 1.82) is 0 Å². The molecule has 1 atom stereocenters. The second kappa shape index (κ2) is 15.7. The van der Waals surface area contributed by atoms with Gasteiger partial charge in [-0.05, 0) is 102 Å². The van der Waals surface area contributed by atoms with Gasteiger partial charge in [-0.15, -0.1) is 0 Å². The minimum atomic E-state index is -2.24. The SMILES string of the molecule is CCN1CCC2=C(C1)CN(c1nc(-c3cc(OC[C@@H](CN(C)C(=O)OC(C)(C)C)O[Si](C)(C)C(C)(C)C)ccc3Cl)nc(-c3c(C)noc3C)c1C)C2. The van der Waals surface area contributed by atoms with Crippen LogP contribution in [0.5, 0.6) is 5.75 Å². The molecule has 0 radical (unpaired) electrons. The Hall–Kier alpha value is -3.45. The van der Waals surface area contributed by atoms with E-state index >= 15 is 0 Å². The molecule has 290 valence electrons. The molecule has 0 saturated heterocycles. The normalized spacial score (nSPS) is 16.2. The maximum Gasteiger partial charge on any atom is 0.410 e. The average molecular weight is 767 g/mol. The van der Waals surface area contributed by atoms with Crippen molar-refractivity contribution in [2.24, 2.45) is 0 Å². The summed E-state index contributed by atoms with van der Waals surface area (Å²) in [4.78, 5) is 29.7. The van der Waals surface area contributed by atoms with Crippen LogP contribution in [0.25, 0.3) is 22.6 Å². The van der Waals surface area contributed by atoms with Gasteiger partial charge in [0.15, 0.2) is 14.1 Å². The Kier molecular flexibility index (Phi) is 12.1. The molecule has 3 aromatic rings. The summed E-state index contributed by atoms with van der Waals surface area (Å²) in [6.45, 7) is 30.0. The van der Waals surface area contributed by atoms with Crippen LogP contribution in [0.2, 0.25) is 23.2 Å². The number of benzene rings is 1. The lowest BCUT2D eigenvalue weighted by Crippen LogP contribution is -2.49. The van der Waals surface area contributed by atoms with E-state index in [9.17, 15) is 4.79 Å². The fraction of sp³-hybridized carbons (Fsp3) is 0.600. The summed E-state index contributed by atoms with van der Waals surface area (Å²) in [7, 11) is -0.508. The fourth-order valence-corrected chi connectivity index (χ4v) is 8.14. The Balaban J connectivity index is 1.47. The number of aryl methyl sites for hydroxylation is 2. The molecule has 5 rings (SSSR count). The van der Waals surface area contributed by atoms with Gasteiger partial charge in [0.1, 0.15) is 29.5 Å². The van der Waals surface area contributed by atoms with Crippen molar-refractivity contribution in [3.8, 4) is 28.4 Å². The van der Waals surface area contributed by atoms with Gasteiger partial charge in [0.05, 0.1) is 34.6 Å². The van der Waals surface area contributed by atoms with Crippen LogP contribution < -0.4 is 9.64 Å². The number of aromatic nitrogens is 3.